The van der Waals surface area contributed by atoms with Crippen molar-refractivity contribution in [2.45, 2.75) is 31.3 Å². The Bertz CT molecular complexity index is 263. The van der Waals surface area contributed by atoms with Gasteiger partial charge in [0, 0.05) is 25.6 Å². The summed E-state index contributed by atoms with van der Waals surface area (Å²) in [4.78, 5) is 23.9. The summed E-state index contributed by atoms with van der Waals surface area (Å²) in [6, 6.07) is 0.0679. The van der Waals surface area contributed by atoms with E-state index >= 15 is 0 Å². The molecule has 5 heteroatoms. The third-order valence-corrected chi connectivity index (χ3v) is 2.60. The van der Waals surface area contributed by atoms with Crippen molar-refractivity contribution in [1.82, 2.24) is 10.2 Å². The molecule has 1 aliphatic carbocycles. The number of amides is 2. The molecule has 1 unspecified atom stereocenters. The first-order valence-corrected chi connectivity index (χ1v) is 5.00. The molecule has 0 radical (unpaired) electrons. The Morgan fingerprint density at radius 1 is 1.57 bits per heavy atom. The van der Waals surface area contributed by atoms with Gasteiger partial charge in [-0.25, -0.2) is 0 Å². The van der Waals surface area contributed by atoms with Crippen LogP contribution in [0.2, 0.25) is 0 Å². The van der Waals surface area contributed by atoms with Crippen LogP contribution in [0.5, 0.6) is 0 Å². The van der Waals surface area contributed by atoms with Gasteiger partial charge in [-0.15, -0.1) is 0 Å². The average Bonchev–Trinajstić information content (AvgIpc) is 2.95. The second-order valence-electron chi connectivity index (χ2n) is 3.98. The van der Waals surface area contributed by atoms with Crippen LogP contribution >= 0.6 is 0 Å². The van der Waals surface area contributed by atoms with Crippen LogP contribution in [0.25, 0.3) is 0 Å². The van der Waals surface area contributed by atoms with Crippen molar-refractivity contribution < 1.29 is 9.59 Å². The maximum atomic E-state index is 11.2. The molecule has 0 spiro atoms. The lowest BCUT2D eigenvalue weighted by Gasteiger charge is -2.35. The van der Waals surface area contributed by atoms with Crippen molar-refractivity contribution in [3.05, 3.63) is 0 Å². The van der Waals surface area contributed by atoms with Gasteiger partial charge in [-0.05, 0) is 12.8 Å². The van der Waals surface area contributed by atoms with E-state index in [-0.39, 0.29) is 17.9 Å². The number of hydrogen-bond donors (Lipinski definition) is 2. The highest BCUT2D eigenvalue weighted by molar-refractivity contribution is 5.88. The van der Waals surface area contributed by atoms with E-state index in [1.165, 1.54) is 0 Å². The van der Waals surface area contributed by atoms with Crippen LogP contribution in [0.4, 0.5) is 0 Å². The van der Waals surface area contributed by atoms with Gasteiger partial charge >= 0.3 is 0 Å². The average molecular weight is 197 g/mol. The summed E-state index contributed by atoms with van der Waals surface area (Å²) in [6.45, 7) is 1.10. The second kappa shape index (κ2) is 3.57. The second-order valence-corrected chi connectivity index (χ2v) is 3.98. The molecule has 2 fully saturated rings. The molecule has 78 valence electrons. The molecule has 0 aromatic rings. The number of nitrogens with one attached hydrogen (secondary N) is 1. The Morgan fingerprint density at radius 3 is 2.79 bits per heavy atom. The number of nitrogens with two attached hydrogens (primary N) is 1. The summed E-state index contributed by atoms with van der Waals surface area (Å²) < 4.78 is 0. The summed E-state index contributed by atoms with van der Waals surface area (Å²) in [5.41, 5.74) is 5.42. The molecule has 0 aromatic carbocycles. The van der Waals surface area contributed by atoms with Crippen molar-refractivity contribution in [3.63, 3.8) is 0 Å². The minimum atomic E-state index is -0.332. The van der Waals surface area contributed by atoms with Crippen LogP contribution in [0.15, 0.2) is 0 Å². The highest BCUT2D eigenvalue weighted by atomic mass is 16.2. The van der Waals surface area contributed by atoms with E-state index < -0.39 is 0 Å². The third kappa shape index (κ3) is 2.04. The van der Waals surface area contributed by atoms with Gasteiger partial charge in [-0.2, -0.15) is 0 Å². The number of hydrogen-bond acceptors (Lipinski definition) is 3. The van der Waals surface area contributed by atoms with Crippen LogP contribution in [0, 0.1) is 0 Å². The predicted octanol–water partition coefficient (Wildman–Crippen LogP) is -1.18. The Hall–Kier alpha value is -1.10. The number of β-lactam (4-membered cyclic amide) rings is 1. The molecule has 2 amide bonds. The SMILES string of the molecule is NC1CN(CCC(=O)NC2CC2)C1=O. The zero-order valence-electron chi connectivity index (χ0n) is 8.03. The standard InChI is InChI=1S/C9H15N3O2/c10-7-5-12(9(7)14)4-3-8(13)11-6-1-2-6/h6-7H,1-5,10H2,(H,11,13). The smallest absolute Gasteiger partial charge is 0.241 e. The van der Waals surface area contributed by atoms with Crippen molar-refractivity contribution in [2.24, 2.45) is 5.73 Å². The monoisotopic (exact) mass is 197 g/mol. The maximum absolute atomic E-state index is 11.2. The van der Waals surface area contributed by atoms with Gasteiger partial charge in [0.1, 0.15) is 6.04 Å². The molecule has 5 nitrogen and oxygen atoms in total. The number of nitrogens with zero attached hydrogens (tertiary/aromatic N) is 1. The van der Waals surface area contributed by atoms with Gasteiger partial charge in [0.25, 0.3) is 0 Å². The van der Waals surface area contributed by atoms with Crippen molar-refractivity contribution in [3.8, 4) is 0 Å². The quantitative estimate of drug-likeness (QED) is 0.557. The van der Waals surface area contributed by atoms with Crippen LogP contribution in [-0.2, 0) is 9.59 Å². The Kier molecular flexibility index (Phi) is 2.41. The molecule has 2 rings (SSSR count). The van der Waals surface area contributed by atoms with Crippen molar-refractivity contribution in [2.75, 3.05) is 13.1 Å². The van der Waals surface area contributed by atoms with Crippen LogP contribution in [0.1, 0.15) is 19.3 Å². The first-order valence-electron chi connectivity index (χ1n) is 5.00. The fraction of sp³-hybridized carbons (Fsp3) is 0.778. The summed E-state index contributed by atoms with van der Waals surface area (Å²) in [5, 5.41) is 2.88. The maximum Gasteiger partial charge on any atom is 0.241 e. The van der Waals surface area contributed by atoms with E-state index in [0.717, 1.165) is 12.8 Å². The molecule has 1 atom stereocenters. The van der Waals surface area contributed by atoms with Gasteiger partial charge in [0.15, 0.2) is 0 Å². The first-order chi connectivity index (χ1) is 6.66. The van der Waals surface area contributed by atoms with E-state index in [0.29, 0.717) is 25.6 Å². The van der Waals surface area contributed by atoms with E-state index in [9.17, 15) is 9.59 Å². The molecule has 0 bridgehead atoms. The summed E-state index contributed by atoms with van der Waals surface area (Å²) in [7, 11) is 0. The van der Waals surface area contributed by atoms with Gasteiger partial charge in [-0.3, -0.25) is 9.59 Å². The fourth-order valence-electron chi connectivity index (χ4n) is 1.49. The lowest BCUT2D eigenvalue weighted by molar-refractivity contribution is -0.142. The third-order valence-electron chi connectivity index (χ3n) is 2.60. The Balaban J connectivity index is 1.62. The molecule has 14 heavy (non-hydrogen) atoms. The molecule has 1 heterocycles. The van der Waals surface area contributed by atoms with E-state index in [1.807, 2.05) is 0 Å². The van der Waals surface area contributed by atoms with Crippen molar-refractivity contribution in [1.29, 1.82) is 0 Å². The molecule has 0 aromatic heterocycles. The van der Waals surface area contributed by atoms with Gasteiger partial charge in [0.2, 0.25) is 11.8 Å². The predicted molar refractivity (Wildman–Crippen MR) is 50.3 cm³/mol. The number of carbonyl (C=O) groups is 2. The van der Waals surface area contributed by atoms with Crippen LogP contribution in [-0.4, -0.2) is 41.9 Å². The highest BCUT2D eigenvalue weighted by Crippen LogP contribution is 2.18. The fourth-order valence-corrected chi connectivity index (χ4v) is 1.49. The van der Waals surface area contributed by atoms with Gasteiger partial charge in [0.05, 0.1) is 0 Å². The largest absolute Gasteiger partial charge is 0.353 e. The molecule has 1 saturated heterocycles. The van der Waals surface area contributed by atoms with Crippen molar-refractivity contribution >= 4 is 11.8 Å². The number of likely N-dealkylation sites (tertiary alicyclic amines) is 1. The van der Waals surface area contributed by atoms with E-state index in [2.05, 4.69) is 5.32 Å². The molecule has 1 aliphatic heterocycles. The Labute approximate surface area is 82.6 Å². The van der Waals surface area contributed by atoms with E-state index in [4.69, 9.17) is 5.73 Å². The molecular formula is C9H15N3O2. The molecule has 2 aliphatic rings. The highest BCUT2D eigenvalue weighted by Gasteiger charge is 2.33. The molecule has 3 N–H and O–H groups in total. The Morgan fingerprint density at radius 2 is 2.29 bits per heavy atom. The number of rotatable bonds is 4. The van der Waals surface area contributed by atoms with Gasteiger partial charge < -0.3 is 16.0 Å². The van der Waals surface area contributed by atoms with Crippen LogP contribution < -0.4 is 11.1 Å². The lowest BCUT2D eigenvalue weighted by atomic mass is 10.1. The molecular weight excluding hydrogens is 182 g/mol. The number of carbonyl (C=O) groups excluding carboxylic acids is 2. The van der Waals surface area contributed by atoms with E-state index in [1.54, 1.807) is 4.90 Å². The zero-order valence-corrected chi connectivity index (χ0v) is 8.03. The minimum absolute atomic E-state index is 0.0378. The zero-order chi connectivity index (χ0) is 10.1. The summed E-state index contributed by atoms with van der Waals surface area (Å²) in [5.74, 6) is 0.00462. The summed E-state index contributed by atoms with van der Waals surface area (Å²) in [6.07, 6.45) is 2.59. The normalized spacial score (nSPS) is 25.9. The van der Waals surface area contributed by atoms with Gasteiger partial charge in [-0.1, -0.05) is 0 Å². The minimum Gasteiger partial charge on any atom is -0.353 e. The topological polar surface area (TPSA) is 75.4 Å². The van der Waals surface area contributed by atoms with Crippen LogP contribution in [0.3, 0.4) is 0 Å². The lowest BCUT2D eigenvalue weighted by Crippen LogP contribution is -2.61. The first kappa shape index (κ1) is 9.45. The summed E-state index contributed by atoms with van der Waals surface area (Å²) >= 11 is 0. The molecule has 1 saturated carbocycles.